The zero-order valence-electron chi connectivity index (χ0n) is 10.3. The first-order valence-electron chi connectivity index (χ1n) is 6.01. The third kappa shape index (κ3) is 3.62. The van der Waals surface area contributed by atoms with Crippen molar-refractivity contribution < 1.29 is 9.90 Å². The van der Waals surface area contributed by atoms with Crippen molar-refractivity contribution in [1.82, 2.24) is 10.2 Å². The molecule has 1 aliphatic rings. The second-order valence-corrected chi connectivity index (χ2v) is 5.13. The molecule has 1 fully saturated rings. The Morgan fingerprint density at radius 2 is 2.28 bits per heavy atom. The van der Waals surface area contributed by atoms with Gasteiger partial charge in [-0.1, -0.05) is 23.7 Å². The smallest absolute Gasteiger partial charge is 0.407 e. The Bertz CT molecular complexity index is 447. The predicted molar refractivity (Wildman–Crippen MR) is 70.8 cm³/mol. The van der Waals surface area contributed by atoms with E-state index in [2.05, 4.69) is 5.32 Å². The van der Waals surface area contributed by atoms with E-state index in [-0.39, 0.29) is 0 Å². The van der Waals surface area contributed by atoms with E-state index in [0.717, 1.165) is 22.7 Å². The molecular formula is C13H17ClN2O2. The lowest BCUT2D eigenvalue weighted by molar-refractivity contribution is 0.153. The minimum atomic E-state index is -0.928. The summed E-state index contributed by atoms with van der Waals surface area (Å²) >= 11 is 6.13. The molecule has 5 heteroatoms. The molecule has 2 N–H and O–H groups in total. The highest BCUT2D eigenvalue weighted by atomic mass is 35.5. The molecular weight excluding hydrogens is 252 g/mol. The maximum Gasteiger partial charge on any atom is 0.407 e. The summed E-state index contributed by atoms with van der Waals surface area (Å²) in [6.07, 6.45) is 1.54. The first kappa shape index (κ1) is 13.2. The number of hydrogen-bond donors (Lipinski definition) is 2. The van der Waals surface area contributed by atoms with Gasteiger partial charge in [0.1, 0.15) is 0 Å². The molecule has 0 unspecified atom stereocenters. The lowest BCUT2D eigenvalue weighted by Crippen LogP contribution is -2.24. The third-order valence-corrected chi connectivity index (χ3v) is 3.38. The van der Waals surface area contributed by atoms with Crippen LogP contribution in [0.15, 0.2) is 18.2 Å². The Kier molecular flexibility index (Phi) is 4.09. The van der Waals surface area contributed by atoms with Gasteiger partial charge in [0.2, 0.25) is 0 Å². The lowest BCUT2D eigenvalue weighted by Gasteiger charge is -2.14. The normalized spacial score (nSPS) is 14.6. The van der Waals surface area contributed by atoms with Crippen LogP contribution in [-0.2, 0) is 13.1 Å². The molecule has 0 aliphatic heterocycles. The van der Waals surface area contributed by atoms with Crippen LogP contribution in [0.2, 0.25) is 5.02 Å². The Balaban J connectivity index is 2.02. The fourth-order valence-electron chi connectivity index (χ4n) is 1.75. The van der Waals surface area contributed by atoms with Gasteiger partial charge in [0.15, 0.2) is 0 Å². The van der Waals surface area contributed by atoms with Crippen molar-refractivity contribution in [3.05, 3.63) is 34.3 Å². The summed E-state index contributed by atoms with van der Waals surface area (Å²) in [6.45, 7) is 1.12. The van der Waals surface area contributed by atoms with E-state index in [0.29, 0.717) is 12.6 Å². The standard InChI is InChI=1S/C13H17ClN2O2/c1-16(13(17)18)8-9-2-5-12(14)10(6-9)7-15-11-3-4-11/h2,5-6,11,15H,3-4,7-8H2,1H3,(H,17,18). The van der Waals surface area contributed by atoms with Gasteiger partial charge in [0, 0.05) is 31.2 Å². The van der Waals surface area contributed by atoms with Gasteiger partial charge in [-0.3, -0.25) is 0 Å². The topological polar surface area (TPSA) is 52.6 Å². The fourth-order valence-corrected chi connectivity index (χ4v) is 1.93. The second kappa shape index (κ2) is 5.59. The van der Waals surface area contributed by atoms with Crippen LogP contribution in [0.1, 0.15) is 24.0 Å². The van der Waals surface area contributed by atoms with Gasteiger partial charge in [-0.25, -0.2) is 4.79 Å². The van der Waals surface area contributed by atoms with E-state index in [4.69, 9.17) is 16.7 Å². The molecule has 4 nitrogen and oxygen atoms in total. The number of carboxylic acid groups (broad SMARTS) is 1. The average Bonchev–Trinajstić information content (AvgIpc) is 3.13. The molecule has 0 heterocycles. The number of amides is 1. The van der Waals surface area contributed by atoms with Crippen LogP contribution < -0.4 is 5.32 Å². The van der Waals surface area contributed by atoms with Crippen molar-refractivity contribution in [2.75, 3.05) is 7.05 Å². The maximum atomic E-state index is 10.8. The number of rotatable bonds is 5. The zero-order valence-corrected chi connectivity index (χ0v) is 11.1. The maximum absolute atomic E-state index is 10.8. The summed E-state index contributed by atoms with van der Waals surface area (Å²) in [5.41, 5.74) is 1.98. The van der Waals surface area contributed by atoms with Gasteiger partial charge < -0.3 is 15.3 Å². The molecule has 18 heavy (non-hydrogen) atoms. The molecule has 2 rings (SSSR count). The second-order valence-electron chi connectivity index (χ2n) is 4.72. The number of benzene rings is 1. The molecule has 0 atom stereocenters. The van der Waals surface area contributed by atoms with Crippen molar-refractivity contribution in [3.8, 4) is 0 Å². The number of nitrogens with zero attached hydrogens (tertiary/aromatic N) is 1. The van der Waals surface area contributed by atoms with Gasteiger partial charge in [-0.2, -0.15) is 0 Å². The van der Waals surface area contributed by atoms with Gasteiger partial charge >= 0.3 is 6.09 Å². The molecule has 1 aromatic rings. The Labute approximate surface area is 112 Å². The van der Waals surface area contributed by atoms with E-state index < -0.39 is 6.09 Å². The van der Waals surface area contributed by atoms with Crippen LogP contribution in [0.3, 0.4) is 0 Å². The molecule has 1 aromatic carbocycles. The van der Waals surface area contributed by atoms with E-state index >= 15 is 0 Å². The number of halogens is 1. The average molecular weight is 269 g/mol. The first-order chi connectivity index (χ1) is 8.56. The molecule has 98 valence electrons. The van der Waals surface area contributed by atoms with E-state index in [1.54, 1.807) is 7.05 Å². The molecule has 1 saturated carbocycles. The highest BCUT2D eigenvalue weighted by molar-refractivity contribution is 6.31. The first-order valence-corrected chi connectivity index (χ1v) is 6.39. The van der Waals surface area contributed by atoms with Crippen molar-refractivity contribution in [1.29, 1.82) is 0 Å². The van der Waals surface area contributed by atoms with Crippen molar-refractivity contribution in [3.63, 3.8) is 0 Å². The number of carbonyl (C=O) groups is 1. The van der Waals surface area contributed by atoms with Crippen LogP contribution in [0.4, 0.5) is 4.79 Å². The monoisotopic (exact) mass is 268 g/mol. The lowest BCUT2D eigenvalue weighted by atomic mass is 10.1. The molecule has 0 aromatic heterocycles. The highest BCUT2D eigenvalue weighted by Gasteiger charge is 2.20. The number of nitrogens with one attached hydrogen (secondary N) is 1. The van der Waals surface area contributed by atoms with Gasteiger partial charge in [0.25, 0.3) is 0 Å². The quantitative estimate of drug-likeness (QED) is 0.863. The molecule has 0 spiro atoms. The van der Waals surface area contributed by atoms with Crippen LogP contribution in [-0.4, -0.2) is 29.2 Å². The SMILES string of the molecule is CN(Cc1ccc(Cl)c(CNC2CC2)c1)C(=O)O. The molecule has 1 amide bonds. The minimum absolute atomic E-state index is 0.378. The molecule has 0 bridgehead atoms. The van der Waals surface area contributed by atoms with Crippen LogP contribution in [0.5, 0.6) is 0 Å². The predicted octanol–water partition coefficient (Wildman–Crippen LogP) is 2.70. The highest BCUT2D eigenvalue weighted by Crippen LogP contribution is 2.22. The molecule has 1 aliphatic carbocycles. The summed E-state index contributed by atoms with van der Waals surface area (Å²) in [4.78, 5) is 12.0. The van der Waals surface area contributed by atoms with Crippen molar-refractivity contribution in [2.45, 2.75) is 32.0 Å². The Hall–Kier alpha value is -1.26. The summed E-state index contributed by atoms with van der Waals surface area (Å²) in [5, 5.41) is 13.0. The van der Waals surface area contributed by atoms with Crippen LogP contribution >= 0.6 is 11.6 Å². The summed E-state index contributed by atoms with van der Waals surface area (Å²) in [7, 11) is 1.55. The Morgan fingerprint density at radius 1 is 1.56 bits per heavy atom. The summed E-state index contributed by atoms with van der Waals surface area (Å²) in [5.74, 6) is 0. The zero-order chi connectivity index (χ0) is 13.1. The van der Waals surface area contributed by atoms with E-state index in [9.17, 15) is 4.79 Å². The summed E-state index contributed by atoms with van der Waals surface area (Å²) < 4.78 is 0. The Morgan fingerprint density at radius 3 is 2.89 bits per heavy atom. The van der Waals surface area contributed by atoms with Crippen molar-refractivity contribution >= 4 is 17.7 Å². The van der Waals surface area contributed by atoms with Crippen molar-refractivity contribution in [2.24, 2.45) is 0 Å². The third-order valence-electron chi connectivity index (χ3n) is 3.01. The van der Waals surface area contributed by atoms with Gasteiger partial charge in [-0.05, 0) is 30.0 Å². The van der Waals surface area contributed by atoms with Crippen LogP contribution in [0, 0.1) is 0 Å². The van der Waals surface area contributed by atoms with E-state index in [1.165, 1.54) is 17.7 Å². The molecule has 0 radical (unpaired) electrons. The minimum Gasteiger partial charge on any atom is -0.465 e. The van der Waals surface area contributed by atoms with Gasteiger partial charge in [-0.15, -0.1) is 0 Å². The molecule has 0 saturated heterocycles. The fraction of sp³-hybridized carbons (Fsp3) is 0.462. The van der Waals surface area contributed by atoms with Crippen LogP contribution in [0.25, 0.3) is 0 Å². The largest absolute Gasteiger partial charge is 0.465 e. The number of hydrogen-bond acceptors (Lipinski definition) is 2. The van der Waals surface area contributed by atoms with Gasteiger partial charge in [0.05, 0.1) is 0 Å². The summed E-state index contributed by atoms with van der Waals surface area (Å²) in [6, 6.07) is 6.29. The van der Waals surface area contributed by atoms with E-state index in [1.807, 2.05) is 18.2 Å².